The number of hydrogen-bond donors (Lipinski definition) is 2. The summed E-state index contributed by atoms with van der Waals surface area (Å²) < 4.78 is 40.9. The Morgan fingerprint density at radius 2 is 2.04 bits per heavy atom. The normalized spacial score (nSPS) is 21.0. The van der Waals surface area contributed by atoms with Crippen LogP contribution >= 0.6 is 0 Å². The minimum Gasteiger partial charge on any atom is -0.484 e. The van der Waals surface area contributed by atoms with Crippen molar-refractivity contribution in [2.45, 2.75) is 38.0 Å². The van der Waals surface area contributed by atoms with Crippen LogP contribution in [0.3, 0.4) is 0 Å². The Morgan fingerprint density at radius 3 is 2.62 bits per heavy atom. The number of urea groups is 1. The number of likely N-dealkylation sites (tertiary alicyclic amines) is 1. The first-order chi connectivity index (χ1) is 11.2. The van der Waals surface area contributed by atoms with Crippen molar-refractivity contribution in [3.05, 3.63) is 29.8 Å². The summed E-state index contributed by atoms with van der Waals surface area (Å²) in [6.45, 7) is 1.25. The van der Waals surface area contributed by atoms with Crippen molar-refractivity contribution in [3.63, 3.8) is 0 Å². The summed E-state index contributed by atoms with van der Waals surface area (Å²) in [5.41, 5.74) is 0.201. The lowest BCUT2D eigenvalue weighted by atomic mass is 10.0. The molecule has 2 N–H and O–H groups in total. The molecule has 5 nitrogen and oxygen atoms in total. The molecular weight excluding hydrogens is 325 g/mol. The van der Waals surface area contributed by atoms with Crippen LogP contribution in [0.5, 0.6) is 5.75 Å². The number of ether oxygens (including phenoxy) is 1. The SMILES string of the molecule is CC1(CO)CCCN1C(=O)NCc1ccc(OCC(F)(F)F)cc1. The standard InChI is InChI=1S/C16H21F3N2O3/c1-15(10-22)7-2-8-21(15)14(23)20-9-12-3-5-13(6-4-12)24-11-16(17,18)19/h3-6,22H,2,7-11H2,1H3,(H,20,23). The van der Waals surface area contributed by atoms with Gasteiger partial charge >= 0.3 is 12.2 Å². The minimum absolute atomic E-state index is 0.0916. The molecule has 0 aromatic heterocycles. The Balaban J connectivity index is 1.85. The number of carbonyl (C=O) groups excluding carboxylic acids is 1. The molecule has 1 saturated heterocycles. The molecule has 0 spiro atoms. The van der Waals surface area contributed by atoms with E-state index in [1.807, 2.05) is 6.92 Å². The van der Waals surface area contributed by atoms with Crippen molar-refractivity contribution in [2.24, 2.45) is 0 Å². The summed E-state index contributed by atoms with van der Waals surface area (Å²) in [5, 5.41) is 12.2. The largest absolute Gasteiger partial charge is 0.484 e. The molecule has 134 valence electrons. The second-order valence-electron chi connectivity index (χ2n) is 6.12. The third kappa shape index (κ3) is 4.77. The number of aliphatic hydroxyl groups excluding tert-OH is 1. The van der Waals surface area contributed by atoms with Gasteiger partial charge in [0.05, 0.1) is 12.1 Å². The molecule has 0 radical (unpaired) electrons. The van der Waals surface area contributed by atoms with E-state index in [2.05, 4.69) is 10.1 Å². The number of rotatable bonds is 5. The van der Waals surface area contributed by atoms with E-state index in [-0.39, 0.29) is 24.9 Å². The van der Waals surface area contributed by atoms with Crippen LogP contribution in [0.4, 0.5) is 18.0 Å². The maximum Gasteiger partial charge on any atom is 0.422 e. The van der Waals surface area contributed by atoms with Crippen molar-refractivity contribution in [1.82, 2.24) is 10.2 Å². The molecule has 0 aliphatic carbocycles. The smallest absolute Gasteiger partial charge is 0.422 e. The number of alkyl halides is 3. The minimum atomic E-state index is -4.37. The highest BCUT2D eigenvalue weighted by molar-refractivity contribution is 5.75. The summed E-state index contributed by atoms with van der Waals surface area (Å²) in [5.74, 6) is 0.120. The highest BCUT2D eigenvalue weighted by atomic mass is 19.4. The number of aliphatic hydroxyl groups is 1. The third-order valence-corrected chi connectivity index (χ3v) is 4.10. The van der Waals surface area contributed by atoms with Gasteiger partial charge in [0.1, 0.15) is 5.75 Å². The van der Waals surface area contributed by atoms with E-state index >= 15 is 0 Å². The number of amides is 2. The Hall–Kier alpha value is -1.96. The van der Waals surface area contributed by atoms with Crippen LogP contribution in [0.25, 0.3) is 0 Å². The molecule has 1 aromatic rings. The molecule has 1 atom stereocenters. The van der Waals surface area contributed by atoms with Gasteiger partial charge in [-0.25, -0.2) is 4.79 Å². The van der Waals surface area contributed by atoms with E-state index in [1.54, 1.807) is 17.0 Å². The topological polar surface area (TPSA) is 61.8 Å². The lowest BCUT2D eigenvalue weighted by molar-refractivity contribution is -0.153. The zero-order chi connectivity index (χ0) is 17.8. The van der Waals surface area contributed by atoms with Gasteiger partial charge < -0.3 is 20.1 Å². The van der Waals surface area contributed by atoms with Crippen LogP contribution in [-0.4, -0.2) is 47.5 Å². The van der Waals surface area contributed by atoms with E-state index in [9.17, 15) is 23.1 Å². The quantitative estimate of drug-likeness (QED) is 0.862. The van der Waals surface area contributed by atoms with E-state index < -0.39 is 18.3 Å². The zero-order valence-corrected chi connectivity index (χ0v) is 13.4. The molecule has 8 heteroatoms. The van der Waals surface area contributed by atoms with Crippen molar-refractivity contribution >= 4 is 6.03 Å². The van der Waals surface area contributed by atoms with Crippen LogP contribution in [0.2, 0.25) is 0 Å². The second-order valence-corrected chi connectivity index (χ2v) is 6.12. The number of nitrogens with zero attached hydrogens (tertiary/aromatic N) is 1. The summed E-state index contributed by atoms with van der Waals surface area (Å²) in [4.78, 5) is 13.8. The molecule has 1 heterocycles. The number of hydrogen-bond acceptors (Lipinski definition) is 3. The van der Waals surface area contributed by atoms with Crippen LogP contribution in [0.1, 0.15) is 25.3 Å². The van der Waals surface area contributed by atoms with Gasteiger partial charge in [-0.3, -0.25) is 0 Å². The van der Waals surface area contributed by atoms with Gasteiger partial charge in [0.25, 0.3) is 0 Å². The average molecular weight is 346 g/mol. The van der Waals surface area contributed by atoms with E-state index in [1.165, 1.54) is 12.1 Å². The van der Waals surface area contributed by atoms with Gasteiger partial charge in [-0.15, -0.1) is 0 Å². The number of benzene rings is 1. The molecule has 2 amide bonds. The third-order valence-electron chi connectivity index (χ3n) is 4.10. The first kappa shape index (κ1) is 18.4. The number of nitrogens with one attached hydrogen (secondary N) is 1. The Bertz CT molecular complexity index is 563. The lowest BCUT2D eigenvalue weighted by Crippen LogP contribution is -2.51. The maximum absolute atomic E-state index is 12.2. The molecule has 1 fully saturated rings. The predicted octanol–water partition coefficient (Wildman–Crippen LogP) is 2.68. The van der Waals surface area contributed by atoms with Gasteiger partial charge in [-0.2, -0.15) is 13.2 Å². The predicted molar refractivity (Wildman–Crippen MR) is 81.7 cm³/mol. The van der Waals surface area contributed by atoms with E-state index in [4.69, 9.17) is 0 Å². The summed E-state index contributed by atoms with van der Waals surface area (Å²) in [7, 11) is 0. The molecular formula is C16H21F3N2O3. The Kier molecular flexibility index (Phi) is 5.58. The van der Waals surface area contributed by atoms with Crippen LogP contribution in [0.15, 0.2) is 24.3 Å². The van der Waals surface area contributed by atoms with Gasteiger partial charge in [0.2, 0.25) is 0 Å². The van der Waals surface area contributed by atoms with Crippen molar-refractivity contribution in [3.8, 4) is 5.75 Å². The average Bonchev–Trinajstić information content (AvgIpc) is 2.93. The Morgan fingerprint density at radius 1 is 1.38 bits per heavy atom. The van der Waals surface area contributed by atoms with E-state index in [0.29, 0.717) is 6.54 Å². The number of halogens is 3. The lowest BCUT2D eigenvalue weighted by Gasteiger charge is -2.33. The molecule has 1 aromatic carbocycles. The van der Waals surface area contributed by atoms with Crippen LogP contribution < -0.4 is 10.1 Å². The highest BCUT2D eigenvalue weighted by Gasteiger charge is 2.38. The van der Waals surface area contributed by atoms with E-state index in [0.717, 1.165) is 18.4 Å². The van der Waals surface area contributed by atoms with Gasteiger partial charge in [0, 0.05) is 13.1 Å². The fraction of sp³-hybridized carbons (Fsp3) is 0.562. The summed E-state index contributed by atoms with van der Waals surface area (Å²) >= 11 is 0. The van der Waals surface area contributed by atoms with Gasteiger partial charge in [0.15, 0.2) is 6.61 Å². The molecule has 24 heavy (non-hydrogen) atoms. The molecule has 0 saturated carbocycles. The highest BCUT2D eigenvalue weighted by Crippen LogP contribution is 2.28. The summed E-state index contributed by atoms with van der Waals surface area (Å²) in [6.07, 6.45) is -2.78. The maximum atomic E-state index is 12.2. The molecule has 1 aliphatic heterocycles. The van der Waals surface area contributed by atoms with Gasteiger partial charge in [-0.1, -0.05) is 12.1 Å². The molecule has 1 aliphatic rings. The molecule has 2 rings (SSSR count). The first-order valence-corrected chi connectivity index (χ1v) is 7.68. The van der Waals surface area contributed by atoms with Crippen molar-refractivity contribution in [1.29, 1.82) is 0 Å². The summed E-state index contributed by atoms with van der Waals surface area (Å²) in [6, 6.07) is 5.80. The fourth-order valence-corrected chi connectivity index (χ4v) is 2.68. The number of carbonyl (C=O) groups is 1. The molecule has 0 bridgehead atoms. The fourth-order valence-electron chi connectivity index (χ4n) is 2.68. The monoisotopic (exact) mass is 346 g/mol. The van der Waals surface area contributed by atoms with Crippen LogP contribution in [-0.2, 0) is 6.54 Å². The first-order valence-electron chi connectivity index (χ1n) is 7.68. The second kappa shape index (κ2) is 7.29. The van der Waals surface area contributed by atoms with Gasteiger partial charge in [-0.05, 0) is 37.5 Å². The van der Waals surface area contributed by atoms with Crippen molar-refractivity contribution in [2.75, 3.05) is 19.8 Å². The Labute approximate surface area is 138 Å². The molecule has 1 unspecified atom stereocenters. The van der Waals surface area contributed by atoms with Crippen LogP contribution in [0, 0.1) is 0 Å². The van der Waals surface area contributed by atoms with Crippen molar-refractivity contribution < 1.29 is 27.8 Å². The zero-order valence-electron chi connectivity index (χ0n) is 13.4.